The van der Waals surface area contributed by atoms with Gasteiger partial charge in [0.1, 0.15) is 0 Å². The third-order valence-electron chi connectivity index (χ3n) is 3.57. The van der Waals surface area contributed by atoms with Gasteiger partial charge < -0.3 is 5.11 Å². The zero-order valence-electron chi connectivity index (χ0n) is 11.8. The van der Waals surface area contributed by atoms with Crippen LogP contribution in [0.5, 0.6) is 0 Å². The lowest BCUT2D eigenvalue weighted by molar-refractivity contribution is 0.0606. The van der Waals surface area contributed by atoms with E-state index in [0.29, 0.717) is 31.3 Å². The van der Waals surface area contributed by atoms with E-state index in [-0.39, 0.29) is 6.54 Å². The van der Waals surface area contributed by atoms with Gasteiger partial charge in [0.2, 0.25) is 0 Å². The minimum Gasteiger partial charge on any atom is -0.389 e. The number of rotatable bonds is 5. The molecule has 1 fully saturated rings. The van der Waals surface area contributed by atoms with Crippen molar-refractivity contribution in [2.75, 3.05) is 19.6 Å². The first-order chi connectivity index (χ1) is 8.16. The van der Waals surface area contributed by atoms with Crippen molar-refractivity contribution in [3.8, 4) is 0 Å². The summed E-state index contributed by atoms with van der Waals surface area (Å²) in [5, 5.41) is 9.84. The Morgan fingerprint density at radius 1 is 1.33 bits per heavy atom. The Labute approximate surface area is 111 Å². The molecule has 0 spiro atoms. The molecule has 1 rings (SSSR count). The standard InChI is InChI=1S/C12H26N2O3S/c1-5-12(4,15)9-13-18(16,17)14-7-10(2)6-11(3)8-14/h10-11,13,15H,5-9H2,1-4H3. The monoisotopic (exact) mass is 278 g/mol. The highest BCUT2D eigenvalue weighted by molar-refractivity contribution is 7.87. The van der Waals surface area contributed by atoms with Crippen molar-refractivity contribution in [1.82, 2.24) is 9.03 Å². The summed E-state index contributed by atoms with van der Waals surface area (Å²) in [5.74, 6) is 0.772. The van der Waals surface area contributed by atoms with E-state index in [1.165, 1.54) is 4.31 Å². The minimum atomic E-state index is -3.47. The number of nitrogens with zero attached hydrogens (tertiary/aromatic N) is 1. The third kappa shape index (κ3) is 4.50. The summed E-state index contributed by atoms with van der Waals surface area (Å²) in [4.78, 5) is 0. The van der Waals surface area contributed by atoms with Gasteiger partial charge in [-0.15, -0.1) is 0 Å². The summed E-state index contributed by atoms with van der Waals surface area (Å²) >= 11 is 0. The van der Waals surface area contributed by atoms with Gasteiger partial charge in [-0.05, 0) is 31.6 Å². The maximum absolute atomic E-state index is 12.1. The number of hydrogen-bond acceptors (Lipinski definition) is 3. The van der Waals surface area contributed by atoms with Crippen LogP contribution < -0.4 is 4.72 Å². The Hall–Kier alpha value is -0.170. The average molecular weight is 278 g/mol. The van der Waals surface area contributed by atoms with E-state index >= 15 is 0 Å². The first kappa shape index (κ1) is 15.9. The van der Waals surface area contributed by atoms with Crippen LogP contribution >= 0.6 is 0 Å². The fourth-order valence-corrected chi connectivity index (χ4v) is 3.84. The van der Waals surface area contributed by atoms with E-state index in [9.17, 15) is 13.5 Å². The van der Waals surface area contributed by atoms with E-state index in [1.807, 2.05) is 6.92 Å². The van der Waals surface area contributed by atoms with Gasteiger partial charge in [-0.3, -0.25) is 0 Å². The molecule has 1 saturated heterocycles. The zero-order valence-corrected chi connectivity index (χ0v) is 12.6. The molecule has 0 aromatic heterocycles. The van der Waals surface area contributed by atoms with Gasteiger partial charge in [-0.1, -0.05) is 20.8 Å². The normalized spacial score (nSPS) is 30.1. The molecule has 1 aliphatic rings. The summed E-state index contributed by atoms with van der Waals surface area (Å²) < 4.78 is 28.3. The fraction of sp³-hybridized carbons (Fsp3) is 1.00. The van der Waals surface area contributed by atoms with Crippen LogP contribution in [0.25, 0.3) is 0 Å². The summed E-state index contributed by atoms with van der Waals surface area (Å²) in [6, 6.07) is 0. The molecule has 1 aliphatic heterocycles. The number of piperidine rings is 1. The zero-order chi connectivity index (χ0) is 14.0. The molecule has 6 heteroatoms. The van der Waals surface area contributed by atoms with Gasteiger partial charge in [0.25, 0.3) is 10.2 Å². The van der Waals surface area contributed by atoms with E-state index < -0.39 is 15.8 Å². The predicted molar refractivity (Wildman–Crippen MR) is 72.4 cm³/mol. The van der Waals surface area contributed by atoms with Gasteiger partial charge in [-0.2, -0.15) is 17.4 Å². The van der Waals surface area contributed by atoms with Gasteiger partial charge in [0, 0.05) is 19.6 Å². The summed E-state index contributed by atoms with van der Waals surface area (Å²) in [6.45, 7) is 8.80. The number of aliphatic hydroxyl groups is 1. The van der Waals surface area contributed by atoms with Crippen molar-refractivity contribution in [3.05, 3.63) is 0 Å². The summed E-state index contributed by atoms with van der Waals surface area (Å²) in [6.07, 6.45) is 1.58. The van der Waals surface area contributed by atoms with Crippen LogP contribution in [0.3, 0.4) is 0 Å². The van der Waals surface area contributed by atoms with E-state index in [4.69, 9.17) is 0 Å². The van der Waals surface area contributed by atoms with Gasteiger partial charge >= 0.3 is 0 Å². The lowest BCUT2D eigenvalue weighted by Gasteiger charge is -2.34. The molecule has 3 unspecified atom stereocenters. The molecule has 18 heavy (non-hydrogen) atoms. The van der Waals surface area contributed by atoms with Crippen molar-refractivity contribution in [2.45, 2.75) is 46.1 Å². The molecule has 0 aliphatic carbocycles. The molecular weight excluding hydrogens is 252 g/mol. The molecule has 5 nitrogen and oxygen atoms in total. The Morgan fingerprint density at radius 2 is 1.83 bits per heavy atom. The van der Waals surface area contributed by atoms with E-state index in [0.717, 1.165) is 6.42 Å². The molecular formula is C12H26N2O3S. The van der Waals surface area contributed by atoms with Crippen LogP contribution in [0, 0.1) is 11.8 Å². The minimum absolute atomic E-state index is 0.0606. The Morgan fingerprint density at radius 3 is 2.28 bits per heavy atom. The maximum Gasteiger partial charge on any atom is 0.279 e. The van der Waals surface area contributed by atoms with E-state index in [2.05, 4.69) is 18.6 Å². The molecule has 0 aromatic rings. The largest absolute Gasteiger partial charge is 0.389 e. The molecule has 0 amide bonds. The Bertz CT molecular complexity index is 358. The molecule has 2 N–H and O–H groups in total. The third-order valence-corrected chi connectivity index (χ3v) is 5.06. The quantitative estimate of drug-likeness (QED) is 0.787. The second-order valence-corrected chi connectivity index (χ2v) is 7.69. The van der Waals surface area contributed by atoms with Crippen molar-refractivity contribution >= 4 is 10.2 Å². The Balaban J connectivity index is 2.63. The SMILES string of the molecule is CCC(C)(O)CNS(=O)(=O)N1CC(C)CC(C)C1. The smallest absolute Gasteiger partial charge is 0.279 e. The van der Waals surface area contributed by atoms with Crippen LogP contribution in [0.15, 0.2) is 0 Å². The maximum atomic E-state index is 12.1. The van der Waals surface area contributed by atoms with Crippen LogP contribution in [-0.2, 0) is 10.2 Å². The predicted octanol–water partition coefficient (Wildman–Crippen LogP) is 0.960. The van der Waals surface area contributed by atoms with Crippen LogP contribution in [-0.4, -0.2) is 43.1 Å². The number of hydrogen-bond donors (Lipinski definition) is 2. The van der Waals surface area contributed by atoms with Crippen molar-refractivity contribution in [1.29, 1.82) is 0 Å². The van der Waals surface area contributed by atoms with Gasteiger partial charge in [0.15, 0.2) is 0 Å². The fourth-order valence-electron chi connectivity index (χ4n) is 2.26. The van der Waals surface area contributed by atoms with Crippen LogP contribution in [0.2, 0.25) is 0 Å². The second-order valence-electron chi connectivity index (χ2n) is 5.94. The molecule has 0 radical (unpaired) electrons. The van der Waals surface area contributed by atoms with Crippen molar-refractivity contribution < 1.29 is 13.5 Å². The molecule has 3 atom stereocenters. The van der Waals surface area contributed by atoms with E-state index in [1.54, 1.807) is 6.92 Å². The lowest BCUT2D eigenvalue weighted by Crippen LogP contribution is -2.51. The molecule has 0 bridgehead atoms. The highest BCUT2D eigenvalue weighted by Gasteiger charge is 2.31. The summed E-state index contributed by atoms with van der Waals surface area (Å²) in [7, 11) is -3.47. The second kappa shape index (κ2) is 5.86. The van der Waals surface area contributed by atoms with Gasteiger partial charge in [-0.25, -0.2) is 0 Å². The highest BCUT2D eigenvalue weighted by Crippen LogP contribution is 2.22. The van der Waals surface area contributed by atoms with Crippen molar-refractivity contribution in [3.63, 3.8) is 0 Å². The summed E-state index contributed by atoms with van der Waals surface area (Å²) in [5.41, 5.74) is -0.986. The molecule has 0 saturated carbocycles. The number of nitrogens with one attached hydrogen (secondary N) is 1. The molecule has 1 heterocycles. The Kier molecular flexibility index (Phi) is 5.17. The van der Waals surface area contributed by atoms with Crippen molar-refractivity contribution in [2.24, 2.45) is 11.8 Å². The highest BCUT2D eigenvalue weighted by atomic mass is 32.2. The molecule has 0 aromatic carbocycles. The topological polar surface area (TPSA) is 69.6 Å². The van der Waals surface area contributed by atoms with Gasteiger partial charge in [0.05, 0.1) is 5.60 Å². The molecule has 108 valence electrons. The lowest BCUT2D eigenvalue weighted by atomic mass is 9.94. The average Bonchev–Trinajstić information content (AvgIpc) is 2.25. The van der Waals surface area contributed by atoms with Crippen LogP contribution in [0.1, 0.15) is 40.5 Å². The first-order valence-electron chi connectivity index (χ1n) is 6.63. The van der Waals surface area contributed by atoms with Crippen LogP contribution in [0.4, 0.5) is 0 Å². The first-order valence-corrected chi connectivity index (χ1v) is 8.07.